The van der Waals surface area contributed by atoms with Crippen LogP contribution >= 0.6 is 0 Å². The van der Waals surface area contributed by atoms with Crippen LogP contribution in [0.5, 0.6) is 0 Å². The number of nitrogen functional groups attached to an aromatic ring is 1. The Hall–Kier alpha value is -1.48. The first-order valence-electron chi connectivity index (χ1n) is 5.53. The zero-order chi connectivity index (χ0) is 11.7. The molecule has 0 unspecified atom stereocenters. The zero-order valence-corrected chi connectivity index (χ0v) is 10.0. The zero-order valence-electron chi connectivity index (χ0n) is 10.0. The minimum Gasteiger partial charge on any atom is -0.398 e. The van der Waals surface area contributed by atoms with E-state index < -0.39 is 0 Å². The fraction of sp³-hybridized carbons (Fsp3) is 0.385. The van der Waals surface area contributed by atoms with Crippen molar-refractivity contribution in [1.29, 1.82) is 0 Å². The summed E-state index contributed by atoms with van der Waals surface area (Å²) in [5.74, 6) is 0. The summed E-state index contributed by atoms with van der Waals surface area (Å²) in [5, 5.41) is 1.12. The second-order valence-electron chi connectivity index (χ2n) is 4.37. The summed E-state index contributed by atoms with van der Waals surface area (Å²) in [6.07, 6.45) is 2.32. The van der Waals surface area contributed by atoms with Crippen LogP contribution in [0.15, 0.2) is 24.4 Å². The molecule has 1 aromatic heterocycles. The highest BCUT2D eigenvalue weighted by atomic mass is 16.5. The minimum atomic E-state index is 0.236. The van der Waals surface area contributed by atoms with Crippen molar-refractivity contribution in [1.82, 2.24) is 4.57 Å². The van der Waals surface area contributed by atoms with E-state index in [0.717, 1.165) is 22.2 Å². The lowest BCUT2D eigenvalue weighted by atomic mass is 10.1. The summed E-state index contributed by atoms with van der Waals surface area (Å²) in [5.41, 5.74) is 9.14. The van der Waals surface area contributed by atoms with Crippen LogP contribution in [-0.4, -0.2) is 10.7 Å². The maximum atomic E-state index is 6.01. The summed E-state index contributed by atoms with van der Waals surface area (Å²) in [6, 6.07) is 5.98. The van der Waals surface area contributed by atoms with Gasteiger partial charge in [-0.15, -0.1) is 0 Å². The van der Waals surface area contributed by atoms with Gasteiger partial charge in [0.05, 0.1) is 18.2 Å². The molecule has 0 fully saturated rings. The van der Waals surface area contributed by atoms with E-state index in [0.29, 0.717) is 6.61 Å². The lowest BCUT2D eigenvalue weighted by Crippen LogP contribution is -2.02. The molecule has 86 valence electrons. The van der Waals surface area contributed by atoms with Crippen LogP contribution in [0, 0.1) is 0 Å². The summed E-state index contributed by atoms with van der Waals surface area (Å²) in [6.45, 7) is 4.69. The van der Waals surface area contributed by atoms with Gasteiger partial charge in [0.15, 0.2) is 0 Å². The van der Waals surface area contributed by atoms with Crippen molar-refractivity contribution in [2.24, 2.45) is 7.05 Å². The van der Waals surface area contributed by atoms with E-state index in [4.69, 9.17) is 10.5 Å². The maximum Gasteiger partial charge on any atom is 0.0741 e. The number of rotatable bonds is 3. The smallest absolute Gasteiger partial charge is 0.0741 e. The third kappa shape index (κ3) is 1.91. The summed E-state index contributed by atoms with van der Waals surface area (Å²) < 4.78 is 7.72. The summed E-state index contributed by atoms with van der Waals surface area (Å²) in [7, 11) is 2.03. The lowest BCUT2D eigenvalue weighted by molar-refractivity contribution is 0.0663. The van der Waals surface area contributed by atoms with E-state index in [-0.39, 0.29) is 6.10 Å². The number of hydrogen-bond donors (Lipinski definition) is 1. The molecule has 0 saturated carbocycles. The van der Waals surface area contributed by atoms with E-state index in [1.807, 2.05) is 33.0 Å². The van der Waals surface area contributed by atoms with Gasteiger partial charge < -0.3 is 15.0 Å². The van der Waals surface area contributed by atoms with Gasteiger partial charge in [-0.25, -0.2) is 0 Å². The van der Waals surface area contributed by atoms with E-state index in [2.05, 4.69) is 16.8 Å². The average molecular weight is 218 g/mol. The first-order chi connectivity index (χ1) is 7.59. The van der Waals surface area contributed by atoms with Gasteiger partial charge in [0, 0.05) is 29.9 Å². The molecule has 2 rings (SSSR count). The number of ether oxygens (including phenoxy) is 1. The largest absolute Gasteiger partial charge is 0.398 e. The molecule has 3 nitrogen and oxygen atoms in total. The molecule has 16 heavy (non-hydrogen) atoms. The third-order valence-corrected chi connectivity index (χ3v) is 2.70. The van der Waals surface area contributed by atoms with Crippen molar-refractivity contribution in [2.45, 2.75) is 26.6 Å². The van der Waals surface area contributed by atoms with Gasteiger partial charge in [0.1, 0.15) is 0 Å². The molecule has 0 aliphatic heterocycles. The highest BCUT2D eigenvalue weighted by molar-refractivity contribution is 5.94. The van der Waals surface area contributed by atoms with Gasteiger partial charge in [-0.2, -0.15) is 0 Å². The van der Waals surface area contributed by atoms with E-state index >= 15 is 0 Å². The third-order valence-electron chi connectivity index (χ3n) is 2.70. The molecule has 0 bridgehead atoms. The average Bonchev–Trinajstić information content (AvgIpc) is 2.55. The molecular weight excluding hydrogens is 200 g/mol. The topological polar surface area (TPSA) is 40.2 Å². The summed E-state index contributed by atoms with van der Waals surface area (Å²) >= 11 is 0. The van der Waals surface area contributed by atoms with Crippen LogP contribution in [0.25, 0.3) is 10.9 Å². The molecule has 0 radical (unpaired) electrons. The number of aromatic nitrogens is 1. The number of nitrogens with zero attached hydrogens (tertiary/aromatic N) is 1. The molecule has 0 atom stereocenters. The minimum absolute atomic E-state index is 0.236. The van der Waals surface area contributed by atoms with Gasteiger partial charge in [-0.05, 0) is 26.0 Å². The van der Waals surface area contributed by atoms with Crippen LogP contribution in [-0.2, 0) is 18.4 Å². The van der Waals surface area contributed by atoms with E-state index in [1.165, 1.54) is 0 Å². The van der Waals surface area contributed by atoms with E-state index in [1.54, 1.807) is 0 Å². The van der Waals surface area contributed by atoms with Crippen LogP contribution in [0.1, 0.15) is 19.4 Å². The van der Waals surface area contributed by atoms with Gasteiger partial charge in [0.25, 0.3) is 0 Å². The second-order valence-corrected chi connectivity index (χ2v) is 4.37. The normalized spacial score (nSPS) is 11.5. The van der Waals surface area contributed by atoms with Gasteiger partial charge in [0.2, 0.25) is 0 Å². The molecule has 3 heteroatoms. The SMILES string of the molecule is CC(C)OCc1cn(C)c2cccc(N)c12. The predicted octanol–water partition coefficient (Wildman–Crippen LogP) is 2.69. The summed E-state index contributed by atoms with van der Waals surface area (Å²) in [4.78, 5) is 0. The highest BCUT2D eigenvalue weighted by Gasteiger charge is 2.09. The van der Waals surface area contributed by atoms with Crippen LogP contribution < -0.4 is 5.73 Å². The Kier molecular flexibility index (Phi) is 2.88. The number of fused-ring (bicyclic) bond motifs is 1. The Bertz CT molecular complexity index is 500. The van der Waals surface area contributed by atoms with Crippen molar-refractivity contribution < 1.29 is 4.74 Å². The van der Waals surface area contributed by atoms with E-state index in [9.17, 15) is 0 Å². The van der Waals surface area contributed by atoms with Crippen molar-refractivity contribution in [3.05, 3.63) is 30.0 Å². The Morgan fingerprint density at radius 1 is 1.38 bits per heavy atom. The predicted molar refractivity (Wildman–Crippen MR) is 67.3 cm³/mol. The van der Waals surface area contributed by atoms with Crippen molar-refractivity contribution in [3.8, 4) is 0 Å². The molecule has 0 aliphatic carbocycles. The molecule has 0 aliphatic rings. The highest BCUT2D eigenvalue weighted by Crippen LogP contribution is 2.26. The van der Waals surface area contributed by atoms with Gasteiger partial charge in [-0.1, -0.05) is 6.07 Å². The Labute approximate surface area is 95.8 Å². The number of nitrogens with two attached hydrogens (primary N) is 1. The molecule has 1 aromatic carbocycles. The van der Waals surface area contributed by atoms with Gasteiger partial charge >= 0.3 is 0 Å². The molecule has 2 N–H and O–H groups in total. The Morgan fingerprint density at radius 3 is 2.81 bits per heavy atom. The van der Waals surface area contributed by atoms with Crippen LogP contribution in [0.2, 0.25) is 0 Å². The monoisotopic (exact) mass is 218 g/mol. The standard InChI is InChI=1S/C13H18N2O/c1-9(2)16-8-10-7-15(3)12-6-4-5-11(14)13(10)12/h4-7,9H,8,14H2,1-3H3. The number of hydrogen-bond acceptors (Lipinski definition) is 2. The fourth-order valence-corrected chi connectivity index (χ4v) is 1.94. The number of benzene rings is 1. The molecular formula is C13H18N2O. The van der Waals surface area contributed by atoms with Crippen molar-refractivity contribution >= 4 is 16.6 Å². The lowest BCUT2D eigenvalue weighted by Gasteiger charge is -2.06. The number of aryl methyl sites for hydroxylation is 1. The molecule has 2 aromatic rings. The molecule has 0 saturated heterocycles. The number of anilines is 1. The quantitative estimate of drug-likeness (QED) is 0.805. The maximum absolute atomic E-state index is 6.01. The molecule has 0 amide bonds. The Morgan fingerprint density at radius 2 is 2.12 bits per heavy atom. The van der Waals surface area contributed by atoms with Gasteiger partial charge in [-0.3, -0.25) is 0 Å². The second kappa shape index (κ2) is 4.18. The first-order valence-corrected chi connectivity index (χ1v) is 5.53. The molecule has 0 spiro atoms. The first kappa shape index (κ1) is 11.0. The van der Waals surface area contributed by atoms with Crippen molar-refractivity contribution in [2.75, 3.05) is 5.73 Å². The van der Waals surface area contributed by atoms with Crippen LogP contribution in [0.4, 0.5) is 5.69 Å². The fourth-order valence-electron chi connectivity index (χ4n) is 1.94. The van der Waals surface area contributed by atoms with Crippen molar-refractivity contribution in [3.63, 3.8) is 0 Å². The van der Waals surface area contributed by atoms with Crippen LogP contribution in [0.3, 0.4) is 0 Å². The Balaban J connectivity index is 2.45. The molecule has 1 heterocycles.